The third kappa shape index (κ3) is 3.37. The molecule has 3 nitrogen and oxygen atoms in total. The molecule has 1 aromatic carbocycles. The monoisotopic (exact) mass is 237 g/mol. The molecule has 1 N–H and O–H groups in total. The van der Waals surface area contributed by atoms with Crippen molar-refractivity contribution in [1.29, 1.82) is 0 Å². The molecule has 0 bridgehead atoms. The van der Waals surface area contributed by atoms with Crippen molar-refractivity contribution in [3.8, 4) is 5.75 Å². The Morgan fingerprint density at radius 1 is 1.29 bits per heavy atom. The Balaban J connectivity index is 3.13. The molecular formula is C14H23NO2. The second kappa shape index (κ2) is 5.92. The number of anilines is 1. The summed E-state index contributed by atoms with van der Waals surface area (Å²) in [5, 5.41) is 9.89. The van der Waals surface area contributed by atoms with Crippen LogP contribution in [-0.4, -0.2) is 25.8 Å². The topological polar surface area (TPSA) is 32.7 Å². The average molecular weight is 237 g/mol. The third-order valence-electron chi connectivity index (χ3n) is 2.73. The van der Waals surface area contributed by atoms with E-state index in [0.29, 0.717) is 5.92 Å². The summed E-state index contributed by atoms with van der Waals surface area (Å²) in [4.78, 5) is 2.16. The predicted molar refractivity (Wildman–Crippen MR) is 71.7 cm³/mol. The van der Waals surface area contributed by atoms with Gasteiger partial charge in [0.1, 0.15) is 5.75 Å². The molecule has 0 heterocycles. The number of benzene rings is 1. The van der Waals surface area contributed by atoms with E-state index in [1.54, 1.807) is 14.0 Å². The van der Waals surface area contributed by atoms with Gasteiger partial charge in [-0.1, -0.05) is 19.9 Å². The quantitative estimate of drug-likeness (QED) is 0.854. The van der Waals surface area contributed by atoms with Gasteiger partial charge in [-0.15, -0.1) is 0 Å². The summed E-state index contributed by atoms with van der Waals surface area (Å²) < 4.78 is 5.32. The maximum atomic E-state index is 9.89. The lowest BCUT2D eigenvalue weighted by molar-refractivity contribution is 0.194. The first-order valence-electron chi connectivity index (χ1n) is 6.03. The summed E-state index contributed by atoms with van der Waals surface area (Å²) >= 11 is 0. The average Bonchev–Trinajstić information content (AvgIpc) is 2.26. The molecule has 0 saturated heterocycles. The predicted octanol–water partition coefficient (Wildman–Crippen LogP) is 2.84. The van der Waals surface area contributed by atoms with Crippen LogP contribution >= 0.6 is 0 Å². The van der Waals surface area contributed by atoms with E-state index in [1.165, 1.54) is 0 Å². The molecule has 0 saturated carbocycles. The second-order valence-electron chi connectivity index (χ2n) is 4.84. The summed E-state index contributed by atoms with van der Waals surface area (Å²) in [5.74, 6) is 1.32. The van der Waals surface area contributed by atoms with E-state index in [9.17, 15) is 5.11 Å². The number of hydrogen-bond acceptors (Lipinski definition) is 3. The molecule has 0 aromatic heterocycles. The Kier molecular flexibility index (Phi) is 4.82. The lowest BCUT2D eigenvalue weighted by Gasteiger charge is -2.26. The molecule has 0 aliphatic rings. The zero-order chi connectivity index (χ0) is 13.0. The van der Waals surface area contributed by atoms with E-state index in [2.05, 4.69) is 18.7 Å². The van der Waals surface area contributed by atoms with Crippen LogP contribution < -0.4 is 9.64 Å². The van der Waals surface area contributed by atoms with Crippen LogP contribution in [0.5, 0.6) is 5.75 Å². The van der Waals surface area contributed by atoms with E-state index >= 15 is 0 Å². The van der Waals surface area contributed by atoms with Crippen molar-refractivity contribution in [3.63, 3.8) is 0 Å². The lowest BCUT2D eigenvalue weighted by Crippen LogP contribution is -2.24. The fourth-order valence-electron chi connectivity index (χ4n) is 2.11. The Morgan fingerprint density at radius 2 is 1.94 bits per heavy atom. The first-order valence-corrected chi connectivity index (χ1v) is 6.03. The summed E-state index contributed by atoms with van der Waals surface area (Å²) in [6.07, 6.45) is -0.532. The van der Waals surface area contributed by atoms with Gasteiger partial charge >= 0.3 is 0 Å². The van der Waals surface area contributed by atoms with Gasteiger partial charge in [0.05, 0.1) is 13.2 Å². The van der Waals surface area contributed by atoms with Gasteiger partial charge in [-0.2, -0.15) is 0 Å². The molecular weight excluding hydrogens is 214 g/mol. The number of nitrogens with zero attached hydrogens (tertiary/aromatic N) is 1. The van der Waals surface area contributed by atoms with E-state index < -0.39 is 6.10 Å². The van der Waals surface area contributed by atoms with Crippen molar-refractivity contribution in [1.82, 2.24) is 0 Å². The molecule has 0 radical (unpaired) electrons. The number of aliphatic hydroxyl groups excluding tert-OH is 1. The number of hydrogen-bond donors (Lipinski definition) is 1. The minimum Gasteiger partial charge on any atom is -0.496 e. The zero-order valence-electron chi connectivity index (χ0n) is 11.4. The number of rotatable bonds is 5. The molecule has 0 amide bonds. The molecule has 1 rings (SSSR count). The van der Waals surface area contributed by atoms with Crippen molar-refractivity contribution in [2.45, 2.75) is 26.9 Å². The number of ether oxygens (including phenoxy) is 1. The van der Waals surface area contributed by atoms with Gasteiger partial charge in [0.2, 0.25) is 0 Å². The highest BCUT2D eigenvalue weighted by Gasteiger charge is 2.17. The normalized spacial score (nSPS) is 12.6. The highest BCUT2D eigenvalue weighted by molar-refractivity contribution is 5.60. The summed E-state index contributed by atoms with van der Waals surface area (Å²) in [6.45, 7) is 7.08. The minimum absolute atomic E-state index is 0.532. The van der Waals surface area contributed by atoms with Crippen LogP contribution in [0.4, 0.5) is 5.69 Å². The van der Waals surface area contributed by atoms with Crippen LogP contribution in [0.15, 0.2) is 18.2 Å². The summed E-state index contributed by atoms with van der Waals surface area (Å²) in [7, 11) is 3.67. The highest BCUT2D eigenvalue weighted by Crippen LogP contribution is 2.34. The van der Waals surface area contributed by atoms with Gasteiger partial charge in [0, 0.05) is 24.8 Å². The molecule has 0 unspecified atom stereocenters. The molecule has 1 atom stereocenters. The van der Waals surface area contributed by atoms with E-state index in [1.807, 2.05) is 25.2 Å². The van der Waals surface area contributed by atoms with Gasteiger partial charge in [-0.3, -0.25) is 0 Å². The van der Waals surface area contributed by atoms with Crippen LogP contribution in [0.25, 0.3) is 0 Å². The zero-order valence-corrected chi connectivity index (χ0v) is 11.4. The largest absolute Gasteiger partial charge is 0.496 e. The molecule has 0 aliphatic carbocycles. The first-order chi connectivity index (χ1) is 7.97. The van der Waals surface area contributed by atoms with Crippen molar-refractivity contribution < 1.29 is 9.84 Å². The summed E-state index contributed by atoms with van der Waals surface area (Å²) in [5.41, 5.74) is 1.89. The SMILES string of the molecule is COc1cccc(N(C)CC(C)C)c1[C@H](C)O. The highest BCUT2D eigenvalue weighted by atomic mass is 16.5. The second-order valence-corrected chi connectivity index (χ2v) is 4.84. The van der Waals surface area contributed by atoms with Crippen molar-refractivity contribution in [2.24, 2.45) is 5.92 Å². The standard InChI is InChI=1S/C14H23NO2/c1-10(2)9-15(4)12-7-6-8-13(17-5)14(12)11(3)16/h6-8,10-11,16H,9H2,1-5H3/t11-/m0/s1. The first kappa shape index (κ1) is 13.8. The molecule has 3 heteroatoms. The van der Waals surface area contributed by atoms with Crippen molar-refractivity contribution >= 4 is 5.69 Å². The van der Waals surface area contributed by atoms with E-state index in [4.69, 9.17) is 4.74 Å². The van der Waals surface area contributed by atoms with Gasteiger partial charge in [-0.25, -0.2) is 0 Å². The van der Waals surface area contributed by atoms with Gasteiger partial charge < -0.3 is 14.7 Å². The fourth-order valence-corrected chi connectivity index (χ4v) is 2.11. The third-order valence-corrected chi connectivity index (χ3v) is 2.73. The van der Waals surface area contributed by atoms with Crippen LogP contribution in [0.3, 0.4) is 0 Å². The van der Waals surface area contributed by atoms with Crippen molar-refractivity contribution in [2.75, 3.05) is 25.6 Å². The van der Waals surface area contributed by atoms with Crippen LogP contribution in [0.2, 0.25) is 0 Å². The smallest absolute Gasteiger partial charge is 0.126 e. The van der Waals surface area contributed by atoms with Crippen LogP contribution in [0, 0.1) is 5.92 Å². The molecule has 0 spiro atoms. The molecule has 17 heavy (non-hydrogen) atoms. The maximum Gasteiger partial charge on any atom is 0.126 e. The Hall–Kier alpha value is -1.22. The minimum atomic E-state index is -0.532. The maximum absolute atomic E-state index is 9.89. The van der Waals surface area contributed by atoms with Crippen LogP contribution in [0.1, 0.15) is 32.4 Å². The fraction of sp³-hybridized carbons (Fsp3) is 0.571. The number of methoxy groups -OCH3 is 1. The van der Waals surface area contributed by atoms with Crippen LogP contribution in [-0.2, 0) is 0 Å². The molecule has 1 aromatic rings. The Morgan fingerprint density at radius 3 is 2.41 bits per heavy atom. The molecule has 0 fully saturated rings. The van der Waals surface area contributed by atoms with Crippen molar-refractivity contribution in [3.05, 3.63) is 23.8 Å². The Bertz CT molecular complexity index is 361. The van der Waals surface area contributed by atoms with E-state index in [-0.39, 0.29) is 0 Å². The summed E-state index contributed by atoms with van der Waals surface area (Å²) in [6, 6.07) is 5.86. The van der Waals surface area contributed by atoms with Gasteiger partial charge in [-0.05, 0) is 25.0 Å². The Labute approximate surface area is 104 Å². The lowest BCUT2D eigenvalue weighted by atomic mass is 10.0. The number of aliphatic hydroxyl groups is 1. The molecule has 0 aliphatic heterocycles. The van der Waals surface area contributed by atoms with Gasteiger partial charge in [0.15, 0.2) is 0 Å². The van der Waals surface area contributed by atoms with E-state index in [0.717, 1.165) is 23.5 Å². The molecule has 96 valence electrons. The van der Waals surface area contributed by atoms with Gasteiger partial charge in [0.25, 0.3) is 0 Å².